The number of halogens is 1. The van der Waals surface area contributed by atoms with Gasteiger partial charge in [0.1, 0.15) is 6.33 Å². The third kappa shape index (κ3) is 5.89. The van der Waals surface area contributed by atoms with Gasteiger partial charge >= 0.3 is 5.69 Å². The fraction of sp³-hybridized carbons (Fsp3) is 0.179. The first-order valence-electron chi connectivity index (χ1n) is 12.4. The zero-order chi connectivity index (χ0) is 27.2. The van der Waals surface area contributed by atoms with Crippen molar-refractivity contribution >= 4 is 39.2 Å². The molecule has 1 saturated heterocycles. The highest BCUT2D eigenvalue weighted by Crippen LogP contribution is 2.34. The van der Waals surface area contributed by atoms with E-state index in [1.165, 1.54) is 17.5 Å². The summed E-state index contributed by atoms with van der Waals surface area (Å²) in [6, 6.07) is 27.6. The van der Waals surface area contributed by atoms with Crippen LogP contribution in [0.4, 0.5) is 17.3 Å². The van der Waals surface area contributed by atoms with Crippen LogP contribution in [0.15, 0.2) is 95.7 Å². The van der Waals surface area contributed by atoms with E-state index >= 15 is 0 Å². The first-order valence-corrected chi connectivity index (χ1v) is 13.2. The Balaban J connectivity index is 1.34. The molecule has 0 atom stereocenters. The Hall–Kier alpha value is -4.35. The van der Waals surface area contributed by atoms with Gasteiger partial charge in [0.25, 0.3) is 5.91 Å². The molecule has 0 unspecified atom stereocenters. The van der Waals surface area contributed by atoms with Crippen LogP contribution >= 0.6 is 15.9 Å². The van der Waals surface area contributed by atoms with Crippen LogP contribution in [0.5, 0.6) is 0 Å². The van der Waals surface area contributed by atoms with Gasteiger partial charge in [0, 0.05) is 30.7 Å². The summed E-state index contributed by atoms with van der Waals surface area (Å²) in [6.07, 6.45) is 1.26. The minimum atomic E-state index is -0.522. The summed E-state index contributed by atoms with van der Waals surface area (Å²) < 4.78 is 0.601. The molecule has 1 aliphatic heterocycles. The summed E-state index contributed by atoms with van der Waals surface area (Å²) in [7, 11) is 0. The molecule has 1 amide bonds. The van der Waals surface area contributed by atoms with Crippen molar-refractivity contribution in [2.75, 3.05) is 36.5 Å². The molecule has 198 valence electrons. The van der Waals surface area contributed by atoms with Crippen molar-refractivity contribution in [1.29, 1.82) is 0 Å². The van der Waals surface area contributed by atoms with Gasteiger partial charge in [-0.3, -0.25) is 30.7 Å². The number of piperazine rings is 1. The number of rotatable bonds is 8. The fourth-order valence-corrected chi connectivity index (χ4v) is 5.23. The van der Waals surface area contributed by atoms with E-state index in [4.69, 9.17) is 0 Å². The zero-order valence-electron chi connectivity index (χ0n) is 20.9. The average molecular weight is 588 g/mol. The summed E-state index contributed by atoms with van der Waals surface area (Å²) >= 11 is 3.34. The van der Waals surface area contributed by atoms with E-state index in [2.05, 4.69) is 65.9 Å². The molecule has 39 heavy (non-hydrogen) atoms. The lowest BCUT2D eigenvalue weighted by molar-refractivity contribution is -0.383. The van der Waals surface area contributed by atoms with Gasteiger partial charge in [0.15, 0.2) is 0 Å². The standard InChI is InChI=1S/C28H26BrN7O3/c29-23-14-8-7-13-22(23)28(37)33-32-26-25(36(38)39)27(31-19-30-26)35-17-15-34(16-18-35)24(20-9-3-1-4-10-20)21-11-5-2-6-12-21/h1-14,19,24H,15-18H2,(H,33,37)(H,30,31,32). The van der Waals surface area contributed by atoms with Crippen LogP contribution in [0.1, 0.15) is 27.5 Å². The number of hydrazine groups is 1. The smallest absolute Gasteiger partial charge is 0.348 e. The third-order valence-electron chi connectivity index (χ3n) is 6.61. The quantitative estimate of drug-likeness (QED) is 0.223. The molecule has 10 nitrogen and oxygen atoms in total. The predicted octanol–water partition coefficient (Wildman–Crippen LogP) is 4.82. The molecule has 0 bridgehead atoms. The van der Waals surface area contributed by atoms with Crippen molar-refractivity contribution in [2.45, 2.75) is 6.04 Å². The van der Waals surface area contributed by atoms with E-state index < -0.39 is 10.8 Å². The highest BCUT2D eigenvalue weighted by atomic mass is 79.9. The molecule has 11 heteroatoms. The molecule has 0 aliphatic carbocycles. The number of nitro groups is 1. The number of amides is 1. The Kier molecular flexibility index (Phi) is 8.09. The largest absolute Gasteiger partial charge is 0.355 e. The van der Waals surface area contributed by atoms with Crippen molar-refractivity contribution in [3.05, 3.63) is 123 Å². The van der Waals surface area contributed by atoms with E-state index in [9.17, 15) is 14.9 Å². The monoisotopic (exact) mass is 587 g/mol. The first kappa shape index (κ1) is 26.3. The van der Waals surface area contributed by atoms with Gasteiger partial charge < -0.3 is 4.90 Å². The molecule has 0 radical (unpaired) electrons. The fourth-order valence-electron chi connectivity index (χ4n) is 4.77. The molecule has 2 heterocycles. The second-order valence-corrected chi connectivity index (χ2v) is 9.81. The third-order valence-corrected chi connectivity index (χ3v) is 7.30. The van der Waals surface area contributed by atoms with Crippen LogP contribution in [0.2, 0.25) is 0 Å². The lowest BCUT2D eigenvalue weighted by atomic mass is 9.96. The van der Waals surface area contributed by atoms with E-state index in [1.54, 1.807) is 24.3 Å². The van der Waals surface area contributed by atoms with Crippen LogP contribution in [0.25, 0.3) is 0 Å². The van der Waals surface area contributed by atoms with Crippen molar-refractivity contribution in [1.82, 2.24) is 20.3 Å². The Bertz CT molecular complexity index is 1410. The average Bonchev–Trinajstić information content (AvgIpc) is 2.97. The molecule has 4 aromatic rings. The van der Waals surface area contributed by atoms with Crippen LogP contribution < -0.4 is 15.8 Å². The first-order chi connectivity index (χ1) is 19.0. The molecular formula is C28H26BrN7O3. The number of nitrogens with zero attached hydrogens (tertiary/aromatic N) is 5. The number of carbonyl (C=O) groups is 1. The number of hydrogen-bond acceptors (Lipinski definition) is 8. The Morgan fingerprint density at radius 2 is 1.46 bits per heavy atom. The van der Waals surface area contributed by atoms with E-state index in [0.717, 1.165) is 0 Å². The van der Waals surface area contributed by atoms with E-state index in [1.807, 2.05) is 41.3 Å². The summed E-state index contributed by atoms with van der Waals surface area (Å²) in [4.78, 5) is 36.8. The van der Waals surface area contributed by atoms with Crippen molar-refractivity contribution in [3.8, 4) is 0 Å². The van der Waals surface area contributed by atoms with Gasteiger partial charge in [-0.2, -0.15) is 0 Å². The maximum atomic E-state index is 12.6. The predicted molar refractivity (Wildman–Crippen MR) is 152 cm³/mol. The van der Waals surface area contributed by atoms with Gasteiger partial charge in [-0.25, -0.2) is 9.97 Å². The van der Waals surface area contributed by atoms with Gasteiger partial charge in [-0.15, -0.1) is 0 Å². The maximum Gasteiger partial charge on any atom is 0.355 e. The molecule has 0 saturated carbocycles. The number of aromatic nitrogens is 2. The topological polar surface area (TPSA) is 117 Å². The van der Waals surface area contributed by atoms with Crippen LogP contribution in [0.3, 0.4) is 0 Å². The SMILES string of the molecule is O=C(NNc1ncnc(N2CCN(C(c3ccccc3)c3ccccc3)CC2)c1[N+](=O)[O-])c1ccccc1Br. The normalized spacial score (nSPS) is 13.7. The number of nitrogens with one attached hydrogen (secondary N) is 2. The molecule has 5 rings (SSSR count). The number of hydrogen-bond donors (Lipinski definition) is 2. The highest BCUT2D eigenvalue weighted by Gasteiger charge is 2.32. The van der Waals surface area contributed by atoms with Gasteiger partial charge in [-0.05, 0) is 39.2 Å². The zero-order valence-corrected chi connectivity index (χ0v) is 22.5. The van der Waals surface area contributed by atoms with Crippen molar-refractivity contribution < 1.29 is 9.72 Å². The Labute approximate surface area is 233 Å². The van der Waals surface area contributed by atoms with Crippen molar-refractivity contribution in [2.24, 2.45) is 0 Å². The second kappa shape index (κ2) is 12.0. The summed E-state index contributed by atoms with van der Waals surface area (Å²) in [6.45, 7) is 2.43. The van der Waals surface area contributed by atoms with Crippen LogP contribution in [-0.2, 0) is 0 Å². The van der Waals surface area contributed by atoms with Crippen molar-refractivity contribution in [3.63, 3.8) is 0 Å². The molecule has 2 N–H and O–H groups in total. The summed E-state index contributed by atoms with van der Waals surface area (Å²) in [5, 5.41) is 12.1. The molecule has 1 fully saturated rings. The molecule has 1 aromatic heterocycles. The van der Waals surface area contributed by atoms with Crippen LogP contribution in [-0.4, -0.2) is 51.9 Å². The minimum absolute atomic E-state index is 0.0692. The summed E-state index contributed by atoms with van der Waals surface area (Å²) in [5.41, 5.74) is 7.59. The second-order valence-electron chi connectivity index (χ2n) is 8.96. The van der Waals surface area contributed by atoms with E-state index in [-0.39, 0.29) is 23.4 Å². The number of benzene rings is 3. The Morgan fingerprint density at radius 1 is 0.872 bits per heavy atom. The molecule has 3 aromatic carbocycles. The maximum absolute atomic E-state index is 12.6. The summed E-state index contributed by atoms with van der Waals surface area (Å²) in [5.74, 6) is -0.332. The molecule has 1 aliphatic rings. The lowest BCUT2D eigenvalue weighted by Gasteiger charge is -2.40. The van der Waals surface area contributed by atoms with Gasteiger partial charge in [0.05, 0.1) is 16.5 Å². The molecular weight excluding hydrogens is 562 g/mol. The molecule has 0 spiro atoms. The highest BCUT2D eigenvalue weighted by molar-refractivity contribution is 9.10. The van der Waals surface area contributed by atoms with Crippen LogP contribution in [0, 0.1) is 10.1 Å². The lowest BCUT2D eigenvalue weighted by Crippen LogP contribution is -2.48. The number of anilines is 2. The number of carbonyl (C=O) groups excluding carboxylic acids is 1. The Morgan fingerprint density at radius 3 is 2.05 bits per heavy atom. The minimum Gasteiger partial charge on any atom is -0.348 e. The van der Waals surface area contributed by atoms with Gasteiger partial charge in [0.2, 0.25) is 11.6 Å². The van der Waals surface area contributed by atoms with E-state index in [0.29, 0.717) is 36.2 Å². The van der Waals surface area contributed by atoms with Gasteiger partial charge in [-0.1, -0.05) is 72.8 Å².